The van der Waals surface area contributed by atoms with E-state index in [1.54, 1.807) is 14.2 Å². The van der Waals surface area contributed by atoms with Gasteiger partial charge in [-0.25, -0.2) is 0 Å². The van der Waals surface area contributed by atoms with E-state index in [0.717, 1.165) is 47.3 Å². The highest BCUT2D eigenvalue weighted by Gasteiger charge is 2.36. The van der Waals surface area contributed by atoms with Crippen LogP contribution in [0.25, 0.3) is 21.5 Å². The molecular weight excluding hydrogens is 468 g/mol. The quantitative estimate of drug-likeness (QED) is 0.179. The first-order valence-electron chi connectivity index (χ1n) is 12.4. The van der Waals surface area contributed by atoms with Gasteiger partial charge in [-0.05, 0) is 59.3 Å². The van der Waals surface area contributed by atoms with Crippen LogP contribution in [0.1, 0.15) is 37.8 Å². The zero-order valence-electron chi connectivity index (χ0n) is 21.4. The van der Waals surface area contributed by atoms with Crippen LogP contribution in [0.2, 0.25) is 5.02 Å². The first kappa shape index (κ1) is 25.8. The van der Waals surface area contributed by atoms with E-state index in [1.807, 2.05) is 30.3 Å². The molecule has 1 atom stereocenters. The summed E-state index contributed by atoms with van der Waals surface area (Å²) in [6.07, 6.45) is 1.61. The predicted octanol–water partition coefficient (Wildman–Crippen LogP) is 7.65. The Bertz CT molecular complexity index is 1350. The number of hydrogen-bond donors (Lipinski definition) is 1. The maximum absolute atomic E-state index is 10.3. The first-order chi connectivity index (χ1) is 17.5. The Morgan fingerprint density at radius 2 is 1.47 bits per heavy atom. The molecular formula is C31H33ClN2O2. The van der Waals surface area contributed by atoms with Crippen molar-refractivity contribution in [2.75, 3.05) is 20.8 Å². The lowest BCUT2D eigenvalue weighted by molar-refractivity contribution is 0.341. The van der Waals surface area contributed by atoms with Crippen molar-refractivity contribution in [2.24, 2.45) is 5.92 Å². The molecule has 4 aromatic carbocycles. The highest BCUT2D eigenvalue weighted by molar-refractivity contribution is 6.41. The molecule has 36 heavy (non-hydrogen) atoms. The summed E-state index contributed by atoms with van der Waals surface area (Å²) in [6, 6.07) is 25.1. The van der Waals surface area contributed by atoms with Crippen LogP contribution < -0.4 is 14.8 Å². The normalized spacial score (nSPS) is 13.0. The van der Waals surface area contributed by atoms with Crippen molar-refractivity contribution in [1.82, 2.24) is 5.32 Å². The molecule has 0 aliphatic rings. The molecule has 0 aliphatic carbocycles. The van der Waals surface area contributed by atoms with E-state index >= 15 is 0 Å². The first-order valence-corrected chi connectivity index (χ1v) is 12.8. The average molecular weight is 501 g/mol. The smallest absolute Gasteiger partial charge is 0.161 e. The van der Waals surface area contributed by atoms with Crippen LogP contribution in [0.15, 0.2) is 66.7 Å². The van der Waals surface area contributed by atoms with Crippen molar-refractivity contribution in [3.05, 3.63) is 82.9 Å². The van der Waals surface area contributed by atoms with Gasteiger partial charge < -0.3 is 14.8 Å². The lowest BCUT2D eigenvalue weighted by atomic mass is 9.70. The van der Waals surface area contributed by atoms with Gasteiger partial charge in [0, 0.05) is 17.3 Å². The summed E-state index contributed by atoms with van der Waals surface area (Å²) >= 11 is 6.76. The second-order valence-corrected chi connectivity index (χ2v) is 9.85. The average Bonchev–Trinajstić information content (AvgIpc) is 2.92. The molecule has 4 rings (SSSR count). The number of halogens is 1. The summed E-state index contributed by atoms with van der Waals surface area (Å²) < 4.78 is 10.9. The Hall–Kier alpha value is -3.26. The molecule has 0 aliphatic heterocycles. The van der Waals surface area contributed by atoms with Crippen LogP contribution in [0.3, 0.4) is 0 Å². The van der Waals surface area contributed by atoms with E-state index in [-0.39, 0.29) is 5.92 Å². The van der Waals surface area contributed by atoms with E-state index in [2.05, 4.69) is 61.6 Å². The molecule has 0 spiro atoms. The molecule has 0 saturated carbocycles. The monoisotopic (exact) mass is 500 g/mol. The minimum atomic E-state index is -0.610. The number of hydrogen-bond acceptors (Lipinski definition) is 4. The fraction of sp³-hybridized carbons (Fsp3) is 0.323. The highest BCUT2D eigenvalue weighted by atomic mass is 35.5. The number of fused-ring (bicyclic) bond motifs is 2. The van der Waals surface area contributed by atoms with Gasteiger partial charge in [0.15, 0.2) is 11.5 Å². The zero-order chi connectivity index (χ0) is 25.7. The molecule has 0 radical (unpaired) electrons. The molecule has 0 heterocycles. The number of benzene rings is 4. The maximum atomic E-state index is 10.3. The molecule has 0 bridgehead atoms. The molecule has 4 aromatic rings. The van der Waals surface area contributed by atoms with Gasteiger partial charge in [-0.1, -0.05) is 80.0 Å². The summed E-state index contributed by atoms with van der Waals surface area (Å²) in [6.45, 7) is 5.75. The topological polar surface area (TPSA) is 54.3 Å². The fourth-order valence-corrected chi connectivity index (χ4v) is 5.52. The summed E-state index contributed by atoms with van der Waals surface area (Å²) in [7, 11) is 3.25. The third kappa shape index (κ3) is 4.74. The third-order valence-corrected chi connectivity index (χ3v) is 7.69. The maximum Gasteiger partial charge on any atom is 0.161 e. The van der Waals surface area contributed by atoms with Crippen molar-refractivity contribution in [2.45, 2.75) is 38.6 Å². The van der Waals surface area contributed by atoms with Crippen molar-refractivity contribution in [3.63, 3.8) is 0 Å². The summed E-state index contributed by atoms with van der Waals surface area (Å²) in [5, 5.41) is 19.3. The lowest BCUT2D eigenvalue weighted by Gasteiger charge is -2.32. The molecule has 1 unspecified atom stereocenters. The number of nitrogens with zero attached hydrogens (tertiary/aromatic N) is 1. The number of nitrogens with one attached hydrogen (secondary N) is 1. The Kier molecular flexibility index (Phi) is 8.04. The summed E-state index contributed by atoms with van der Waals surface area (Å²) in [4.78, 5) is 0. The second-order valence-electron chi connectivity index (χ2n) is 9.47. The van der Waals surface area contributed by atoms with Gasteiger partial charge in [0.2, 0.25) is 0 Å². The highest BCUT2D eigenvalue weighted by Crippen LogP contribution is 2.40. The van der Waals surface area contributed by atoms with E-state index in [1.165, 1.54) is 16.3 Å². The standard InChI is InChI=1S/C31H33ClN2O2/c1-21(2)31(20-33,22-14-15-28(35-3)29(18-22)36-4)16-9-17-34-19-27-23-10-5-7-12-25(23)30(32)26-13-8-6-11-24(26)27/h5-8,10-15,18,21,34H,9,16-17,19H2,1-4H3. The third-order valence-electron chi connectivity index (χ3n) is 7.29. The number of ether oxygens (including phenoxy) is 2. The molecule has 0 aromatic heterocycles. The largest absolute Gasteiger partial charge is 0.493 e. The predicted molar refractivity (Wildman–Crippen MR) is 149 cm³/mol. The SMILES string of the molecule is COc1ccc(C(C#N)(CCCNCc2c3ccccc3c(Cl)c3ccccc23)C(C)C)cc1OC. The Balaban J connectivity index is 1.53. The van der Waals surface area contributed by atoms with Crippen LogP contribution in [0.4, 0.5) is 0 Å². The second kappa shape index (κ2) is 11.2. The van der Waals surface area contributed by atoms with Gasteiger partial charge >= 0.3 is 0 Å². The van der Waals surface area contributed by atoms with E-state index < -0.39 is 5.41 Å². The molecule has 0 amide bonds. The van der Waals surface area contributed by atoms with E-state index in [0.29, 0.717) is 11.5 Å². The fourth-order valence-electron chi connectivity index (χ4n) is 5.19. The number of methoxy groups -OCH3 is 2. The molecule has 186 valence electrons. The molecule has 5 heteroatoms. The number of rotatable bonds is 10. The van der Waals surface area contributed by atoms with Gasteiger partial charge in [-0.15, -0.1) is 0 Å². The van der Waals surface area contributed by atoms with E-state index in [9.17, 15) is 5.26 Å². The van der Waals surface area contributed by atoms with Crippen LogP contribution in [-0.4, -0.2) is 20.8 Å². The minimum absolute atomic E-state index is 0.143. The van der Waals surface area contributed by atoms with Gasteiger partial charge in [-0.3, -0.25) is 0 Å². The molecule has 0 saturated heterocycles. The van der Waals surface area contributed by atoms with Crippen LogP contribution in [0.5, 0.6) is 11.5 Å². The van der Waals surface area contributed by atoms with Crippen molar-refractivity contribution in [3.8, 4) is 17.6 Å². The van der Waals surface area contributed by atoms with Crippen molar-refractivity contribution in [1.29, 1.82) is 5.26 Å². The van der Waals surface area contributed by atoms with Crippen molar-refractivity contribution >= 4 is 33.1 Å². The van der Waals surface area contributed by atoms with Crippen molar-refractivity contribution < 1.29 is 9.47 Å². The lowest BCUT2D eigenvalue weighted by Crippen LogP contribution is -2.32. The zero-order valence-corrected chi connectivity index (χ0v) is 22.2. The van der Waals surface area contributed by atoms with Gasteiger partial charge in [-0.2, -0.15) is 5.26 Å². The van der Waals surface area contributed by atoms with Gasteiger partial charge in [0.1, 0.15) is 0 Å². The Labute approximate surface area is 218 Å². The van der Waals surface area contributed by atoms with E-state index in [4.69, 9.17) is 21.1 Å². The molecule has 4 nitrogen and oxygen atoms in total. The number of nitriles is 1. The van der Waals surface area contributed by atoms with Gasteiger partial charge in [0.05, 0.1) is 30.7 Å². The molecule has 1 N–H and O–H groups in total. The van der Waals surface area contributed by atoms with Crippen LogP contribution in [-0.2, 0) is 12.0 Å². The van der Waals surface area contributed by atoms with Crippen LogP contribution in [0, 0.1) is 17.2 Å². The molecule has 0 fully saturated rings. The summed E-state index contributed by atoms with van der Waals surface area (Å²) in [5.41, 5.74) is 1.61. The van der Waals surface area contributed by atoms with Gasteiger partial charge in [0.25, 0.3) is 0 Å². The minimum Gasteiger partial charge on any atom is -0.493 e. The Morgan fingerprint density at radius 1 is 0.889 bits per heavy atom. The Morgan fingerprint density at radius 3 is 2.00 bits per heavy atom. The van der Waals surface area contributed by atoms with Crippen LogP contribution >= 0.6 is 11.6 Å². The summed E-state index contributed by atoms with van der Waals surface area (Å²) in [5.74, 6) is 1.46.